The summed E-state index contributed by atoms with van der Waals surface area (Å²) in [6.45, 7) is 3.86. The fourth-order valence-corrected chi connectivity index (χ4v) is 2.00. The Morgan fingerprint density at radius 3 is 2.42 bits per heavy atom. The molecule has 0 aliphatic rings. The Morgan fingerprint density at radius 2 is 2.00 bits per heavy atom. The van der Waals surface area contributed by atoms with Gasteiger partial charge in [-0.3, -0.25) is 0 Å². The van der Waals surface area contributed by atoms with Gasteiger partial charge in [-0.1, -0.05) is 41.4 Å². The summed E-state index contributed by atoms with van der Waals surface area (Å²) in [6, 6.07) is 3.31. The smallest absolute Gasteiger partial charge is 0.146 e. The van der Waals surface area contributed by atoms with Crippen molar-refractivity contribution in [3.63, 3.8) is 0 Å². The maximum atomic E-state index is 13.4. The summed E-state index contributed by atoms with van der Waals surface area (Å²) in [6.07, 6.45) is 0. The lowest BCUT2D eigenvalue weighted by Crippen LogP contribution is -1.95. The molecule has 1 aromatic rings. The van der Waals surface area contributed by atoms with Crippen molar-refractivity contribution in [3.05, 3.63) is 33.0 Å². The Bertz CT molecular complexity index is 297. The topological polar surface area (TPSA) is 0 Å². The predicted octanol–water partition coefficient (Wildman–Crippen LogP) is 4.37. The molecule has 0 aromatic heterocycles. The molecule has 3 heteroatoms. The molecule has 0 spiro atoms. The summed E-state index contributed by atoms with van der Waals surface area (Å²) in [7, 11) is 0. The van der Waals surface area contributed by atoms with Gasteiger partial charge in [0.1, 0.15) is 5.82 Å². The van der Waals surface area contributed by atoms with Crippen molar-refractivity contribution in [3.8, 4) is 0 Å². The SMILES string of the molecule is CC(C)c1c(Br)ccc(Cl)c1F. The third kappa shape index (κ3) is 1.80. The highest BCUT2D eigenvalue weighted by Gasteiger charge is 2.13. The molecule has 0 nitrogen and oxygen atoms in total. The van der Waals surface area contributed by atoms with Gasteiger partial charge in [0.05, 0.1) is 5.02 Å². The van der Waals surface area contributed by atoms with E-state index in [4.69, 9.17) is 11.6 Å². The highest BCUT2D eigenvalue weighted by Crippen LogP contribution is 2.31. The van der Waals surface area contributed by atoms with Crippen molar-refractivity contribution in [2.24, 2.45) is 0 Å². The summed E-state index contributed by atoms with van der Waals surface area (Å²) in [5, 5.41) is 0.182. The fourth-order valence-electron chi connectivity index (χ4n) is 1.07. The first-order valence-corrected chi connectivity index (χ1v) is 4.84. The van der Waals surface area contributed by atoms with Crippen molar-refractivity contribution in [1.82, 2.24) is 0 Å². The molecular weight excluding hydrogens is 242 g/mol. The summed E-state index contributed by atoms with van der Waals surface area (Å²) in [5.41, 5.74) is 0.641. The summed E-state index contributed by atoms with van der Waals surface area (Å²) < 4.78 is 14.1. The average molecular weight is 252 g/mol. The van der Waals surface area contributed by atoms with Gasteiger partial charge in [-0.2, -0.15) is 0 Å². The minimum absolute atomic E-state index is 0.137. The first-order chi connectivity index (χ1) is 5.54. The van der Waals surface area contributed by atoms with Crippen LogP contribution in [0.4, 0.5) is 4.39 Å². The van der Waals surface area contributed by atoms with Crippen LogP contribution in [0.3, 0.4) is 0 Å². The highest BCUT2D eigenvalue weighted by molar-refractivity contribution is 9.10. The Hall–Kier alpha value is -0.0800. The Balaban J connectivity index is 3.33. The monoisotopic (exact) mass is 250 g/mol. The van der Waals surface area contributed by atoms with E-state index in [1.165, 1.54) is 0 Å². The molecular formula is C9H9BrClF. The maximum absolute atomic E-state index is 13.4. The largest absolute Gasteiger partial charge is 0.205 e. The Morgan fingerprint density at radius 1 is 1.42 bits per heavy atom. The standard InChI is InChI=1S/C9H9BrClF/c1-5(2)8-6(10)3-4-7(11)9(8)12/h3-5H,1-2H3. The Kier molecular flexibility index (Phi) is 3.13. The van der Waals surface area contributed by atoms with Crippen LogP contribution < -0.4 is 0 Å². The first-order valence-electron chi connectivity index (χ1n) is 3.67. The van der Waals surface area contributed by atoms with Crippen LogP contribution in [0.1, 0.15) is 25.3 Å². The van der Waals surface area contributed by atoms with E-state index in [9.17, 15) is 4.39 Å². The molecule has 0 radical (unpaired) electrons. The molecule has 0 unspecified atom stereocenters. The molecule has 0 fully saturated rings. The molecule has 0 aliphatic heterocycles. The molecule has 0 amide bonds. The van der Waals surface area contributed by atoms with E-state index in [0.717, 1.165) is 4.47 Å². The van der Waals surface area contributed by atoms with Crippen LogP contribution in [-0.2, 0) is 0 Å². The zero-order valence-electron chi connectivity index (χ0n) is 6.87. The molecule has 1 aromatic carbocycles. The second-order valence-electron chi connectivity index (χ2n) is 2.91. The lowest BCUT2D eigenvalue weighted by atomic mass is 10.0. The third-order valence-electron chi connectivity index (χ3n) is 1.66. The number of rotatable bonds is 1. The van der Waals surface area contributed by atoms with Crippen LogP contribution in [-0.4, -0.2) is 0 Å². The molecule has 0 saturated heterocycles. The average Bonchev–Trinajstić information content (AvgIpc) is 1.97. The molecule has 0 N–H and O–H groups in total. The van der Waals surface area contributed by atoms with Gasteiger partial charge >= 0.3 is 0 Å². The van der Waals surface area contributed by atoms with Gasteiger partial charge in [0.15, 0.2) is 0 Å². The minimum atomic E-state index is -0.318. The van der Waals surface area contributed by atoms with Gasteiger partial charge in [-0.25, -0.2) is 4.39 Å². The lowest BCUT2D eigenvalue weighted by Gasteiger charge is -2.10. The molecule has 1 rings (SSSR count). The normalized spacial score (nSPS) is 10.8. The van der Waals surface area contributed by atoms with Gasteiger partial charge in [0, 0.05) is 10.0 Å². The van der Waals surface area contributed by atoms with E-state index in [1.54, 1.807) is 12.1 Å². The van der Waals surface area contributed by atoms with E-state index in [0.29, 0.717) is 5.56 Å². The van der Waals surface area contributed by atoms with Gasteiger partial charge in [-0.05, 0) is 18.1 Å². The molecule has 0 heterocycles. The number of benzene rings is 1. The van der Waals surface area contributed by atoms with Gasteiger partial charge < -0.3 is 0 Å². The van der Waals surface area contributed by atoms with Crippen LogP contribution in [0.25, 0.3) is 0 Å². The van der Waals surface area contributed by atoms with E-state index >= 15 is 0 Å². The number of halogens is 3. The van der Waals surface area contributed by atoms with E-state index in [1.807, 2.05) is 13.8 Å². The summed E-state index contributed by atoms with van der Waals surface area (Å²) in [4.78, 5) is 0. The zero-order valence-corrected chi connectivity index (χ0v) is 9.21. The van der Waals surface area contributed by atoms with Gasteiger partial charge in [0.25, 0.3) is 0 Å². The fraction of sp³-hybridized carbons (Fsp3) is 0.333. The van der Waals surface area contributed by atoms with Crippen LogP contribution in [0, 0.1) is 5.82 Å². The Labute approximate surface area is 84.9 Å². The molecule has 0 bridgehead atoms. The molecule has 0 aliphatic carbocycles. The first kappa shape index (κ1) is 10.0. The number of hydrogen-bond donors (Lipinski definition) is 0. The van der Waals surface area contributed by atoms with E-state index < -0.39 is 0 Å². The van der Waals surface area contributed by atoms with Crippen LogP contribution in [0.15, 0.2) is 16.6 Å². The molecule has 0 atom stereocenters. The van der Waals surface area contributed by atoms with Crippen LogP contribution in [0.2, 0.25) is 5.02 Å². The molecule has 0 saturated carbocycles. The summed E-state index contributed by atoms with van der Waals surface area (Å²) >= 11 is 8.92. The van der Waals surface area contributed by atoms with Crippen molar-refractivity contribution < 1.29 is 4.39 Å². The van der Waals surface area contributed by atoms with Gasteiger partial charge in [-0.15, -0.1) is 0 Å². The molecule has 12 heavy (non-hydrogen) atoms. The second-order valence-corrected chi connectivity index (χ2v) is 4.17. The van der Waals surface area contributed by atoms with E-state index in [-0.39, 0.29) is 16.8 Å². The second kappa shape index (κ2) is 3.75. The summed E-state index contributed by atoms with van der Waals surface area (Å²) in [5.74, 6) is -0.181. The zero-order chi connectivity index (χ0) is 9.30. The predicted molar refractivity (Wildman–Crippen MR) is 53.2 cm³/mol. The third-order valence-corrected chi connectivity index (χ3v) is 2.64. The maximum Gasteiger partial charge on any atom is 0.146 e. The van der Waals surface area contributed by atoms with Gasteiger partial charge in [0.2, 0.25) is 0 Å². The van der Waals surface area contributed by atoms with Crippen LogP contribution in [0.5, 0.6) is 0 Å². The number of hydrogen-bond acceptors (Lipinski definition) is 0. The highest BCUT2D eigenvalue weighted by atomic mass is 79.9. The van der Waals surface area contributed by atoms with Crippen molar-refractivity contribution >= 4 is 27.5 Å². The van der Waals surface area contributed by atoms with Crippen molar-refractivity contribution in [2.45, 2.75) is 19.8 Å². The van der Waals surface area contributed by atoms with Crippen molar-refractivity contribution in [1.29, 1.82) is 0 Å². The molecule has 66 valence electrons. The quantitative estimate of drug-likeness (QED) is 0.650. The minimum Gasteiger partial charge on any atom is -0.205 e. The van der Waals surface area contributed by atoms with Crippen LogP contribution >= 0.6 is 27.5 Å². The van der Waals surface area contributed by atoms with Crippen molar-refractivity contribution in [2.75, 3.05) is 0 Å². The van der Waals surface area contributed by atoms with E-state index in [2.05, 4.69) is 15.9 Å². The lowest BCUT2D eigenvalue weighted by molar-refractivity contribution is 0.597.